The van der Waals surface area contributed by atoms with Gasteiger partial charge in [-0.05, 0) is 34.1 Å². The molecule has 136 valence electrons. The van der Waals surface area contributed by atoms with Crippen molar-refractivity contribution in [3.05, 3.63) is 22.7 Å². The average Bonchev–Trinajstić information content (AvgIpc) is 2.70. The molecule has 1 aliphatic rings. The van der Waals surface area contributed by atoms with Gasteiger partial charge in [-0.25, -0.2) is 18.7 Å². The van der Waals surface area contributed by atoms with Crippen molar-refractivity contribution in [1.82, 2.24) is 9.97 Å². The fourth-order valence-corrected chi connectivity index (χ4v) is 3.92. The van der Waals surface area contributed by atoms with E-state index in [1.807, 2.05) is 0 Å². The molecule has 0 bridgehead atoms. The second kappa shape index (κ2) is 7.05. The second-order valence-corrected chi connectivity index (χ2v) is 13.5. The highest BCUT2D eigenvalue weighted by Gasteiger charge is 2.51. The van der Waals surface area contributed by atoms with Crippen LogP contribution in [0.4, 0.5) is 8.78 Å². The van der Waals surface area contributed by atoms with Crippen molar-refractivity contribution in [1.29, 1.82) is 0 Å². The largest absolute Gasteiger partial charge is 0.411 e. The first-order valence-corrected chi connectivity index (χ1v) is 11.7. The Bertz CT molecular complexity index is 564. The van der Waals surface area contributed by atoms with Crippen LogP contribution >= 0.6 is 15.9 Å². The Morgan fingerprint density at radius 2 is 1.75 bits per heavy atom. The van der Waals surface area contributed by atoms with Gasteiger partial charge in [-0.2, -0.15) is 0 Å². The second-order valence-electron chi connectivity index (χ2n) is 7.85. The molecule has 0 aromatic carbocycles. The highest BCUT2D eigenvalue weighted by molar-refractivity contribution is 9.10. The molecule has 0 unspecified atom stereocenters. The van der Waals surface area contributed by atoms with E-state index in [2.05, 4.69) is 59.8 Å². The summed E-state index contributed by atoms with van der Waals surface area (Å²) in [4.78, 5) is 8.22. The monoisotopic (exact) mass is 422 g/mol. The zero-order valence-electron chi connectivity index (χ0n) is 14.8. The van der Waals surface area contributed by atoms with E-state index < -0.39 is 26.4 Å². The lowest BCUT2D eigenvalue weighted by atomic mass is 10.2. The van der Waals surface area contributed by atoms with Gasteiger partial charge in [0.25, 0.3) is 5.92 Å². The highest BCUT2D eigenvalue weighted by Crippen LogP contribution is 2.44. The summed E-state index contributed by atoms with van der Waals surface area (Å²) in [6.07, 6.45) is 1.39. The van der Waals surface area contributed by atoms with Crippen molar-refractivity contribution in [3.8, 4) is 0 Å². The molecule has 0 saturated heterocycles. The quantitative estimate of drug-likeness (QED) is 0.629. The number of alkyl halides is 2. The Hall–Kier alpha value is -0.443. The lowest BCUT2D eigenvalue weighted by Gasteiger charge is -2.39. The molecule has 0 spiro atoms. The van der Waals surface area contributed by atoms with E-state index in [0.717, 1.165) is 4.47 Å². The van der Waals surface area contributed by atoms with Crippen LogP contribution in [0.5, 0.6) is 0 Å². The Morgan fingerprint density at radius 3 is 2.29 bits per heavy atom. The third kappa shape index (κ3) is 5.03. The van der Waals surface area contributed by atoms with Crippen LogP contribution in [0.25, 0.3) is 0 Å². The van der Waals surface area contributed by atoms with Crippen LogP contribution in [-0.4, -0.2) is 36.4 Å². The first-order chi connectivity index (χ1) is 10.9. The Balaban J connectivity index is 2.04. The van der Waals surface area contributed by atoms with Crippen LogP contribution in [-0.2, 0) is 15.8 Å². The predicted molar refractivity (Wildman–Crippen MR) is 94.6 cm³/mol. The summed E-state index contributed by atoms with van der Waals surface area (Å²) in [5.74, 6) is -2.28. The number of ether oxygens (including phenoxy) is 1. The fourth-order valence-electron chi connectivity index (χ4n) is 2.37. The zero-order valence-corrected chi connectivity index (χ0v) is 17.4. The van der Waals surface area contributed by atoms with Gasteiger partial charge in [0.15, 0.2) is 14.1 Å². The maximum absolute atomic E-state index is 13.9. The third-order valence-corrected chi connectivity index (χ3v) is 9.68. The zero-order chi connectivity index (χ0) is 18.2. The molecule has 1 saturated carbocycles. The highest BCUT2D eigenvalue weighted by atomic mass is 79.9. The number of aromatic nitrogens is 2. The van der Waals surface area contributed by atoms with Gasteiger partial charge < -0.3 is 9.16 Å². The molecule has 1 fully saturated rings. The summed E-state index contributed by atoms with van der Waals surface area (Å²) in [6.45, 7) is 10.5. The minimum Gasteiger partial charge on any atom is -0.411 e. The van der Waals surface area contributed by atoms with E-state index in [-0.39, 0.29) is 24.5 Å². The van der Waals surface area contributed by atoms with E-state index in [1.54, 1.807) is 12.4 Å². The van der Waals surface area contributed by atoms with Crippen molar-refractivity contribution in [2.75, 3.05) is 0 Å². The van der Waals surface area contributed by atoms with Crippen molar-refractivity contribution in [2.45, 2.75) is 76.5 Å². The molecule has 0 amide bonds. The smallest absolute Gasteiger partial charge is 0.253 e. The lowest BCUT2D eigenvalue weighted by molar-refractivity contribution is -0.0341. The van der Waals surface area contributed by atoms with Crippen molar-refractivity contribution in [3.63, 3.8) is 0 Å². The molecule has 2 atom stereocenters. The normalized spacial score (nSPS) is 24.3. The van der Waals surface area contributed by atoms with Crippen LogP contribution in [0.1, 0.15) is 39.4 Å². The standard InChI is InChI=1S/C16H25BrF2N2O2Si/c1-15(2,3)24(4,5)23-13-7-16(18,19)6-12(13)22-10-14-20-8-11(17)9-21-14/h8-9,12-13H,6-7,10H2,1-5H3/t12-,13-/m1/s1. The van der Waals surface area contributed by atoms with E-state index >= 15 is 0 Å². The Kier molecular flexibility index (Phi) is 5.84. The lowest BCUT2D eigenvalue weighted by Crippen LogP contribution is -2.46. The first-order valence-electron chi connectivity index (χ1n) is 8.03. The van der Waals surface area contributed by atoms with Crippen molar-refractivity contribution < 1.29 is 17.9 Å². The van der Waals surface area contributed by atoms with Crippen LogP contribution in [0, 0.1) is 0 Å². The summed E-state index contributed by atoms with van der Waals surface area (Å²) in [5.41, 5.74) is 0. The topological polar surface area (TPSA) is 44.2 Å². The molecule has 2 rings (SSSR count). The summed E-state index contributed by atoms with van der Waals surface area (Å²) < 4.78 is 40.5. The van der Waals surface area contributed by atoms with E-state index in [4.69, 9.17) is 9.16 Å². The van der Waals surface area contributed by atoms with Gasteiger partial charge in [0.05, 0.1) is 16.7 Å². The van der Waals surface area contributed by atoms with Gasteiger partial charge in [0.1, 0.15) is 6.61 Å². The molecule has 24 heavy (non-hydrogen) atoms. The number of hydrogen-bond donors (Lipinski definition) is 0. The van der Waals surface area contributed by atoms with Gasteiger partial charge in [-0.15, -0.1) is 0 Å². The number of nitrogens with zero attached hydrogens (tertiary/aromatic N) is 2. The summed E-state index contributed by atoms with van der Waals surface area (Å²) >= 11 is 3.26. The third-order valence-electron chi connectivity index (χ3n) is 4.77. The summed E-state index contributed by atoms with van der Waals surface area (Å²) in [7, 11) is -2.14. The van der Waals surface area contributed by atoms with Crippen LogP contribution in [0.3, 0.4) is 0 Å². The van der Waals surface area contributed by atoms with Crippen LogP contribution < -0.4 is 0 Å². The molecule has 1 heterocycles. The predicted octanol–water partition coefficient (Wildman–Crippen LogP) is 4.94. The molecule has 1 aromatic heterocycles. The Labute approximate surface area is 151 Å². The molecule has 0 N–H and O–H groups in total. The van der Waals surface area contributed by atoms with Gasteiger partial charge in [0, 0.05) is 25.2 Å². The number of rotatable bonds is 5. The first kappa shape index (κ1) is 19.9. The minimum absolute atomic E-state index is 0.0375. The molecule has 8 heteroatoms. The maximum Gasteiger partial charge on any atom is 0.253 e. The van der Waals surface area contributed by atoms with Gasteiger partial charge in [-0.3, -0.25) is 0 Å². The molecular weight excluding hydrogens is 398 g/mol. The molecule has 4 nitrogen and oxygen atoms in total. The van der Waals surface area contributed by atoms with E-state index in [0.29, 0.717) is 5.82 Å². The minimum atomic E-state index is -2.75. The van der Waals surface area contributed by atoms with Gasteiger partial charge in [0.2, 0.25) is 0 Å². The molecule has 0 radical (unpaired) electrons. The number of halogens is 3. The van der Waals surface area contributed by atoms with Crippen molar-refractivity contribution in [2.24, 2.45) is 0 Å². The van der Waals surface area contributed by atoms with Gasteiger partial charge >= 0.3 is 0 Å². The van der Waals surface area contributed by atoms with Crippen molar-refractivity contribution >= 4 is 24.2 Å². The van der Waals surface area contributed by atoms with E-state index in [1.165, 1.54) is 0 Å². The maximum atomic E-state index is 13.9. The number of hydrogen-bond acceptors (Lipinski definition) is 4. The SMILES string of the molecule is CC(C)(C)[Si](C)(C)O[C@@H]1CC(F)(F)C[C@H]1OCc1ncc(Br)cn1. The molecular formula is C16H25BrF2N2O2Si. The summed E-state index contributed by atoms with van der Waals surface area (Å²) in [5, 5.41) is -0.0375. The van der Waals surface area contributed by atoms with Crippen LogP contribution in [0.2, 0.25) is 18.1 Å². The van der Waals surface area contributed by atoms with Gasteiger partial charge in [-0.1, -0.05) is 20.8 Å². The summed E-state index contributed by atoms with van der Waals surface area (Å²) in [6, 6.07) is 0. The molecule has 0 aliphatic heterocycles. The van der Waals surface area contributed by atoms with E-state index in [9.17, 15) is 8.78 Å². The fraction of sp³-hybridized carbons (Fsp3) is 0.750. The Morgan fingerprint density at radius 1 is 1.21 bits per heavy atom. The van der Waals surface area contributed by atoms with Crippen LogP contribution in [0.15, 0.2) is 16.9 Å². The average molecular weight is 423 g/mol. The molecule has 1 aromatic rings. The molecule has 1 aliphatic carbocycles.